The van der Waals surface area contributed by atoms with Gasteiger partial charge >= 0.3 is 5.97 Å². The molecule has 4 aromatic heterocycles. The van der Waals surface area contributed by atoms with E-state index in [9.17, 15) is 14.4 Å². The van der Waals surface area contributed by atoms with Crippen molar-refractivity contribution < 1.29 is 19.1 Å². The number of ether oxygens (including phenoxy) is 1. The molecule has 0 saturated heterocycles. The van der Waals surface area contributed by atoms with Gasteiger partial charge in [0.15, 0.2) is 17.5 Å². The summed E-state index contributed by atoms with van der Waals surface area (Å²) in [6.45, 7) is 8.23. The van der Waals surface area contributed by atoms with Crippen LogP contribution >= 0.6 is 11.3 Å². The third-order valence-electron chi connectivity index (χ3n) is 5.65. The van der Waals surface area contributed by atoms with E-state index in [4.69, 9.17) is 4.74 Å². The molecule has 0 fully saturated rings. The van der Waals surface area contributed by atoms with E-state index < -0.39 is 17.9 Å². The molecule has 4 heterocycles. The van der Waals surface area contributed by atoms with Crippen molar-refractivity contribution in [2.24, 2.45) is 7.05 Å². The second kappa shape index (κ2) is 8.40. The number of esters is 1. The molecule has 1 atom stereocenters. The molecule has 0 aliphatic rings. The molecule has 0 aromatic carbocycles. The van der Waals surface area contributed by atoms with Gasteiger partial charge in [-0.1, -0.05) is 6.07 Å². The van der Waals surface area contributed by atoms with Crippen LogP contribution < -0.4 is 0 Å². The van der Waals surface area contributed by atoms with Crippen molar-refractivity contribution in [2.45, 2.75) is 40.7 Å². The van der Waals surface area contributed by atoms with Crippen LogP contribution in [0.5, 0.6) is 0 Å². The van der Waals surface area contributed by atoms with E-state index in [0.717, 1.165) is 4.88 Å². The molecule has 0 amide bonds. The predicted molar refractivity (Wildman–Crippen MR) is 126 cm³/mol. The van der Waals surface area contributed by atoms with E-state index in [1.807, 2.05) is 17.5 Å². The van der Waals surface area contributed by atoms with Gasteiger partial charge in [-0.2, -0.15) is 5.10 Å². The third kappa shape index (κ3) is 3.89. The van der Waals surface area contributed by atoms with Crippen LogP contribution in [-0.4, -0.2) is 43.4 Å². The second-order valence-corrected chi connectivity index (χ2v) is 8.98. The van der Waals surface area contributed by atoms with E-state index in [0.29, 0.717) is 44.8 Å². The van der Waals surface area contributed by atoms with Crippen LogP contribution in [0.25, 0.3) is 21.6 Å². The van der Waals surface area contributed by atoms with Crippen LogP contribution in [0.3, 0.4) is 0 Å². The minimum Gasteiger partial charge on any atom is -0.451 e. The number of carbonyl (C=O) groups is 3. The summed E-state index contributed by atoms with van der Waals surface area (Å²) in [5, 5.41) is 6.93. The van der Waals surface area contributed by atoms with Crippen molar-refractivity contribution in [3.63, 3.8) is 0 Å². The zero-order valence-corrected chi connectivity index (χ0v) is 20.1. The lowest BCUT2D eigenvalue weighted by Gasteiger charge is -2.13. The van der Waals surface area contributed by atoms with Gasteiger partial charge in [0.05, 0.1) is 32.9 Å². The van der Waals surface area contributed by atoms with Crippen molar-refractivity contribution in [3.05, 3.63) is 57.4 Å². The topological polar surface area (TPSA) is 107 Å². The third-order valence-corrected chi connectivity index (χ3v) is 6.54. The summed E-state index contributed by atoms with van der Waals surface area (Å²) < 4.78 is 7.23. The Kier molecular flexibility index (Phi) is 5.75. The van der Waals surface area contributed by atoms with Crippen molar-refractivity contribution in [1.82, 2.24) is 19.7 Å². The number of thiophene rings is 1. The SMILES string of the molecule is CC(=O)c1c(C)[nH]c(C(=O)C(C)OC(=O)c2cc(-c3cccs3)nc3c2c(C)nn3C)c1C. The molecule has 0 aliphatic carbocycles. The summed E-state index contributed by atoms with van der Waals surface area (Å²) >= 11 is 1.51. The number of ketones is 2. The zero-order chi connectivity index (χ0) is 24.0. The quantitative estimate of drug-likeness (QED) is 0.331. The highest BCUT2D eigenvalue weighted by atomic mass is 32.1. The molecule has 1 unspecified atom stereocenters. The number of pyridine rings is 1. The fraction of sp³-hybridized carbons (Fsp3) is 0.292. The largest absolute Gasteiger partial charge is 0.451 e. The highest BCUT2D eigenvalue weighted by molar-refractivity contribution is 7.13. The molecule has 33 heavy (non-hydrogen) atoms. The van der Waals surface area contributed by atoms with Crippen molar-refractivity contribution in [3.8, 4) is 10.6 Å². The average Bonchev–Trinajstić information content (AvgIpc) is 3.46. The smallest absolute Gasteiger partial charge is 0.339 e. The van der Waals surface area contributed by atoms with Crippen LogP contribution in [0.4, 0.5) is 0 Å². The predicted octanol–water partition coefficient (Wildman–Crippen LogP) is 4.58. The van der Waals surface area contributed by atoms with Gasteiger partial charge in [-0.05, 0) is 57.7 Å². The fourth-order valence-corrected chi connectivity index (χ4v) is 4.85. The van der Waals surface area contributed by atoms with Gasteiger partial charge < -0.3 is 9.72 Å². The Morgan fingerprint density at radius 3 is 2.55 bits per heavy atom. The standard InChI is InChI=1S/C24H24N4O4S/c1-11-19(14(4)29)12(2)25-21(11)22(30)15(5)32-24(31)16-10-17(18-8-7-9-33-18)26-23-20(16)13(3)27-28(23)6/h7-10,15,25H,1-6H3. The summed E-state index contributed by atoms with van der Waals surface area (Å²) in [5.74, 6) is -1.16. The number of fused-ring (bicyclic) bond motifs is 1. The molecular weight excluding hydrogens is 440 g/mol. The van der Waals surface area contributed by atoms with Gasteiger partial charge in [-0.25, -0.2) is 9.78 Å². The molecule has 0 aliphatic heterocycles. The van der Waals surface area contributed by atoms with E-state index >= 15 is 0 Å². The number of rotatable bonds is 6. The second-order valence-electron chi connectivity index (χ2n) is 8.03. The van der Waals surface area contributed by atoms with Crippen molar-refractivity contribution >= 4 is 39.9 Å². The number of aromatic nitrogens is 4. The molecule has 9 heteroatoms. The van der Waals surface area contributed by atoms with Gasteiger partial charge in [0.25, 0.3) is 0 Å². The molecule has 0 saturated carbocycles. The Morgan fingerprint density at radius 2 is 1.94 bits per heavy atom. The highest BCUT2D eigenvalue weighted by Crippen LogP contribution is 2.30. The van der Waals surface area contributed by atoms with Crippen LogP contribution in [0, 0.1) is 20.8 Å². The lowest BCUT2D eigenvalue weighted by atomic mass is 10.0. The Bertz CT molecular complexity index is 1410. The first kappa shape index (κ1) is 22.6. The molecule has 4 aromatic rings. The number of H-pyrrole nitrogens is 1. The van der Waals surface area contributed by atoms with Gasteiger partial charge in [0.1, 0.15) is 0 Å². The summed E-state index contributed by atoms with van der Waals surface area (Å²) in [5.41, 5.74) is 4.07. The van der Waals surface area contributed by atoms with E-state index in [-0.39, 0.29) is 11.5 Å². The Labute approximate surface area is 194 Å². The number of Topliss-reactive ketones (excluding diaryl/α,β-unsaturated/α-hetero) is 2. The molecule has 0 bridgehead atoms. The van der Waals surface area contributed by atoms with Gasteiger partial charge in [0.2, 0.25) is 5.78 Å². The van der Waals surface area contributed by atoms with Gasteiger partial charge in [-0.15, -0.1) is 11.3 Å². The van der Waals surface area contributed by atoms with Gasteiger partial charge in [0, 0.05) is 18.3 Å². The summed E-state index contributed by atoms with van der Waals surface area (Å²) in [4.78, 5) is 46.8. The number of nitrogens with zero attached hydrogens (tertiary/aromatic N) is 3. The molecule has 170 valence electrons. The Balaban J connectivity index is 1.70. The monoisotopic (exact) mass is 464 g/mol. The number of hydrogen-bond acceptors (Lipinski definition) is 7. The Hall–Kier alpha value is -3.59. The highest BCUT2D eigenvalue weighted by Gasteiger charge is 2.28. The number of hydrogen-bond donors (Lipinski definition) is 1. The minimum atomic E-state index is -1.06. The maximum atomic E-state index is 13.3. The summed E-state index contributed by atoms with van der Waals surface area (Å²) in [7, 11) is 1.77. The fourth-order valence-electron chi connectivity index (χ4n) is 4.16. The van der Waals surface area contributed by atoms with Gasteiger partial charge in [-0.3, -0.25) is 14.3 Å². The average molecular weight is 465 g/mol. The van der Waals surface area contributed by atoms with Crippen LogP contribution in [0.1, 0.15) is 62.0 Å². The number of aryl methyl sites for hydroxylation is 3. The maximum absolute atomic E-state index is 13.3. The first-order chi connectivity index (χ1) is 15.6. The molecule has 0 radical (unpaired) electrons. The summed E-state index contributed by atoms with van der Waals surface area (Å²) in [6, 6.07) is 5.52. The lowest BCUT2D eigenvalue weighted by molar-refractivity contribution is 0.0318. The lowest BCUT2D eigenvalue weighted by Crippen LogP contribution is -2.25. The molecule has 8 nitrogen and oxygen atoms in total. The van der Waals surface area contributed by atoms with Crippen molar-refractivity contribution in [2.75, 3.05) is 0 Å². The molecular formula is C24H24N4O4S. The molecule has 4 rings (SSSR count). The zero-order valence-electron chi connectivity index (χ0n) is 19.3. The minimum absolute atomic E-state index is 0.128. The normalized spacial score (nSPS) is 12.2. The van der Waals surface area contributed by atoms with Crippen molar-refractivity contribution in [1.29, 1.82) is 0 Å². The first-order valence-corrected chi connectivity index (χ1v) is 11.3. The molecule has 1 N–H and O–H groups in total. The number of nitrogens with one attached hydrogen (secondary N) is 1. The van der Waals surface area contributed by atoms with E-state index in [1.54, 1.807) is 38.6 Å². The molecule has 0 spiro atoms. The number of aromatic amines is 1. The van der Waals surface area contributed by atoms with E-state index in [1.165, 1.54) is 25.2 Å². The maximum Gasteiger partial charge on any atom is 0.339 e. The first-order valence-electron chi connectivity index (χ1n) is 10.4. The Morgan fingerprint density at radius 1 is 1.21 bits per heavy atom. The van der Waals surface area contributed by atoms with Crippen LogP contribution in [-0.2, 0) is 11.8 Å². The van der Waals surface area contributed by atoms with Crippen LogP contribution in [0.2, 0.25) is 0 Å². The number of carbonyl (C=O) groups excluding carboxylic acids is 3. The summed E-state index contributed by atoms with van der Waals surface area (Å²) in [6.07, 6.45) is -1.06. The van der Waals surface area contributed by atoms with E-state index in [2.05, 4.69) is 15.1 Å². The van der Waals surface area contributed by atoms with Crippen LogP contribution in [0.15, 0.2) is 23.6 Å².